The fourth-order valence-corrected chi connectivity index (χ4v) is 2.07. The SMILES string of the molecule is O=C(COc1cccc(CO)c1)c1cc2ccccc2o1. The Balaban J connectivity index is 1.71. The number of fused-ring (bicyclic) bond motifs is 1. The Hall–Kier alpha value is -2.59. The van der Waals surface area contributed by atoms with Crippen LogP contribution in [0.3, 0.4) is 0 Å². The predicted molar refractivity (Wildman–Crippen MR) is 78.4 cm³/mol. The minimum atomic E-state index is -0.222. The standard InChI is InChI=1S/C17H14O4/c18-10-12-4-3-6-14(8-12)20-11-15(19)17-9-13-5-1-2-7-16(13)21-17/h1-9,18H,10-11H2. The highest BCUT2D eigenvalue weighted by atomic mass is 16.5. The number of aliphatic hydroxyl groups excluding tert-OH is 1. The number of para-hydroxylation sites is 1. The summed E-state index contributed by atoms with van der Waals surface area (Å²) in [5, 5.41) is 9.95. The lowest BCUT2D eigenvalue weighted by molar-refractivity contribution is 0.0896. The Morgan fingerprint density at radius 3 is 2.76 bits per heavy atom. The molecule has 21 heavy (non-hydrogen) atoms. The van der Waals surface area contributed by atoms with Crippen LogP contribution in [0.2, 0.25) is 0 Å². The van der Waals surface area contributed by atoms with Crippen LogP contribution in [0.15, 0.2) is 59.0 Å². The van der Waals surface area contributed by atoms with E-state index in [0.717, 1.165) is 10.9 Å². The Morgan fingerprint density at radius 1 is 1.10 bits per heavy atom. The van der Waals surface area contributed by atoms with E-state index in [9.17, 15) is 4.79 Å². The van der Waals surface area contributed by atoms with E-state index < -0.39 is 0 Å². The lowest BCUT2D eigenvalue weighted by atomic mass is 10.2. The molecule has 0 bridgehead atoms. The molecule has 0 aliphatic rings. The highest BCUT2D eigenvalue weighted by Gasteiger charge is 2.13. The third-order valence-corrected chi connectivity index (χ3v) is 3.15. The third kappa shape index (κ3) is 2.95. The fraction of sp³-hybridized carbons (Fsp3) is 0.118. The summed E-state index contributed by atoms with van der Waals surface area (Å²) in [6.45, 7) is -0.163. The molecule has 1 aromatic heterocycles. The molecule has 3 aromatic rings. The zero-order valence-corrected chi connectivity index (χ0v) is 11.3. The number of furan rings is 1. The zero-order chi connectivity index (χ0) is 14.7. The van der Waals surface area contributed by atoms with Crippen LogP contribution in [0.25, 0.3) is 11.0 Å². The highest BCUT2D eigenvalue weighted by Crippen LogP contribution is 2.20. The van der Waals surface area contributed by atoms with Crippen molar-refractivity contribution < 1.29 is 19.1 Å². The summed E-state index contributed by atoms with van der Waals surface area (Å²) < 4.78 is 10.9. The maximum absolute atomic E-state index is 12.1. The smallest absolute Gasteiger partial charge is 0.235 e. The molecule has 3 rings (SSSR count). The summed E-state index contributed by atoms with van der Waals surface area (Å²) in [6.07, 6.45) is 0. The van der Waals surface area contributed by atoms with Crippen LogP contribution in [0.1, 0.15) is 16.1 Å². The minimum Gasteiger partial charge on any atom is -0.485 e. The second-order valence-corrected chi connectivity index (χ2v) is 4.67. The molecule has 1 heterocycles. The molecule has 2 aromatic carbocycles. The number of ether oxygens (including phenoxy) is 1. The van der Waals surface area contributed by atoms with Crippen LogP contribution in [0, 0.1) is 0 Å². The van der Waals surface area contributed by atoms with Crippen molar-refractivity contribution in [3.05, 3.63) is 65.9 Å². The minimum absolute atomic E-state index is 0.0608. The average molecular weight is 282 g/mol. The zero-order valence-electron chi connectivity index (χ0n) is 11.3. The summed E-state index contributed by atoms with van der Waals surface area (Å²) >= 11 is 0. The molecular formula is C17H14O4. The van der Waals surface area contributed by atoms with Gasteiger partial charge in [-0.15, -0.1) is 0 Å². The molecule has 0 aliphatic heterocycles. The molecule has 0 spiro atoms. The van der Waals surface area contributed by atoms with Gasteiger partial charge in [0, 0.05) is 5.39 Å². The molecule has 0 saturated carbocycles. The third-order valence-electron chi connectivity index (χ3n) is 3.15. The summed E-state index contributed by atoms with van der Waals surface area (Å²) in [7, 11) is 0. The first-order valence-electron chi connectivity index (χ1n) is 6.60. The maximum atomic E-state index is 12.1. The molecule has 106 valence electrons. The predicted octanol–water partition coefficient (Wildman–Crippen LogP) is 3.19. The summed E-state index contributed by atoms with van der Waals surface area (Å²) in [5.74, 6) is 0.612. The Bertz CT molecular complexity index is 740. The van der Waals surface area contributed by atoms with Gasteiger partial charge in [-0.2, -0.15) is 0 Å². The number of hydrogen-bond donors (Lipinski definition) is 1. The fourth-order valence-electron chi connectivity index (χ4n) is 2.07. The first-order valence-corrected chi connectivity index (χ1v) is 6.60. The summed E-state index contributed by atoms with van der Waals surface area (Å²) in [4.78, 5) is 12.1. The molecule has 0 aliphatic carbocycles. The van der Waals surface area contributed by atoms with Gasteiger partial charge in [0.25, 0.3) is 0 Å². The second-order valence-electron chi connectivity index (χ2n) is 4.67. The Morgan fingerprint density at radius 2 is 1.95 bits per heavy atom. The van der Waals surface area contributed by atoms with Gasteiger partial charge >= 0.3 is 0 Å². The van der Waals surface area contributed by atoms with Crippen molar-refractivity contribution in [2.75, 3.05) is 6.61 Å². The lowest BCUT2D eigenvalue weighted by Crippen LogP contribution is -2.10. The first-order chi connectivity index (χ1) is 10.3. The molecule has 4 heteroatoms. The van der Waals surface area contributed by atoms with Gasteiger partial charge in [-0.1, -0.05) is 30.3 Å². The molecule has 0 saturated heterocycles. The first kappa shape index (κ1) is 13.4. The van der Waals surface area contributed by atoms with Crippen LogP contribution in [-0.4, -0.2) is 17.5 Å². The van der Waals surface area contributed by atoms with E-state index in [1.54, 1.807) is 30.3 Å². The number of benzene rings is 2. The Labute approximate surface area is 121 Å². The second kappa shape index (κ2) is 5.81. The molecule has 0 unspecified atom stereocenters. The topological polar surface area (TPSA) is 59.7 Å². The number of aliphatic hydroxyl groups is 1. The Kier molecular flexibility index (Phi) is 3.71. The normalized spacial score (nSPS) is 10.7. The number of Topliss-reactive ketones (excluding diaryl/α,β-unsaturated/α-hetero) is 1. The number of ketones is 1. The van der Waals surface area contributed by atoms with Crippen molar-refractivity contribution >= 4 is 16.8 Å². The van der Waals surface area contributed by atoms with Crippen LogP contribution in [0.5, 0.6) is 5.75 Å². The van der Waals surface area contributed by atoms with Crippen molar-refractivity contribution in [1.82, 2.24) is 0 Å². The van der Waals surface area contributed by atoms with Gasteiger partial charge < -0.3 is 14.3 Å². The van der Waals surface area contributed by atoms with E-state index >= 15 is 0 Å². The van der Waals surface area contributed by atoms with Gasteiger partial charge in [-0.3, -0.25) is 4.79 Å². The van der Waals surface area contributed by atoms with Crippen LogP contribution >= 0.6 is 0 Å². The molecule has 0 fully saturated rings. The number of carbonyl (C=O) groups is 1. The van der Waals surface area contributed by atoms with Crippen molar-refractivity contribution in [3.63, 3.8) is 0 Å². The maximum Gasteiger partial charge on any atom is 0.235 e. The van der Waals surface area contributed by atoms with Crippen molar-refractivity contribution in [2.24, 2.45) is 0 Å². The van der Waals surface area contributed by atoms with E-state index in [2.05, 4.69) is 0 Å². The van der Waals surface area contributed by atoms with Gasteiger partial charge in [-0.25, -0.2) is 0 Å². The van der Waals surface area contributed by atoms with Crippen LogP contribution in [0.4, 0.5) is 0 Å². The van der Waals surface area contributed by atoms with Crippen molar-refractivity contribution in [2.45, 2.75) is 6.61 Å². The molecule has 4 nitrogen and oxygen atoms in total. The monoisotopic (exact) mass is 282 g/mol. The number of rotatable bonds is 5. The molecule has 0 radical (unpaired) electrons. The van der Waals surface area contributed by atoms with Crippen LogP contribution < -0.4 is 4.74 Å². The van der Waals surface area contributed by atoms with Crippen molar-refractivity contribution in [1.29, 1.82) is 0 Å². The molecule has 0 atom stereocenters. The van der Waals surface area contributed by atoms with E-state index in [1.165, 1.54) is 0 Å². The number of carbonyl (C=O) groups excluding carboxylic acids is 1. The van der Waals surface area contributed by atoms with Crippen molar-refractivity contribution in [3.8, 4) is 5.75 Å². The number of hydrogen-bond acceptors (Lipinski definition) is 4. The highest BCUT2D eigenvalue weighted by molar-refractivity contribution is 5.98. The van der Waals surface area contributed by atoms with E-state index in [4.69, 9.17) is 14.3 Å². The van der Waals surface area contributed by atoms with Gasteiger partial charge in [0.15, 0.2) is 12.4 Å². The van der Waals surface area contributed by atoms with Gasteiger partial charge in [0.2, 0.25) is 5.78 Å². The van der Waals surface area contributed by atoms with Gasteiger partial charge in [0.05, 0.1) is 6.61 Å². The summed E-state index contributed by atoms with van der Waals surface area (Å²) in [5.41, 5.74) is 1.42. The average Bonchev–Trinajstić information content (AvgIpc) is 2.97. The largest absolute Gasteiger partial charge is 0.485 e. The quantitative estimate of drug-likeness (QED) is 0.730. The van der Waals surface area contributed by atoms with E-state index in [-0.39, 0.29) is 24.8 Å². The van der Waals surface area contributed by atoms with E-state index in [1.807, 2.05) is 24.3 Å². The van der Waals surface area contributed by atoms with Gasteiger partial charge in [0.1, 0.15) is 11.3 Å². The van der Waals surface area contributed by atoms with E-state index in [0.29, 0.717) is 11.3 Å². The van der Waals surface area contributed by atoms with Gasteiger partial charge in [-0.05, 0) is 29.8 Å². The molecule has 1 N–H and O–H groups in total. The molecule has 0 amide bonds. The lowest BCUT2D eigenvalue weighted by Gasteiger charge is -2.05. The molecular weight excluding hydrogens is 268 g/mol. The summed E-state index contributed by atoms with van der Waals surface area (Å²) in [6, 6.07) is 16.2. The van der Waals surface area contributed by atoms with Crippen LogP contribution in [-0.2, 0) is 6.61 Å².